The van der Waals surface area contributed by atoms with Gasteiger partial charge in [0.15, 0.2) is 0 Å². The van der Waals surface area contributed by atoms with E-state index in [1.165, 1.54) is 6.42 Å². The maximum Gasteiger partial charge on any atom is 0.225 e. The Hall–Kier alpha value is -2.02. The van der Waals surface area contributed by atoms with Crippen LogP contribution in [0.2, 0.25) is 0 Å². The number of nitrogens with one attached hydrogen (secondary N) is 1. The molecule has 4 nitrogen and oxygen atoms in total. The lowest BCUT2D eigenvalue weighted by Crippen LogP contribution is -2.40. The van der Waals surface area contributed by atoms with E-state index in [0.717, 1.165) is 31.2 Å². The summed E-state index contributed by atoms with van der Waals surface area (Å²) in [6.45, 7) is 0. The van der Waals surface area contributed by atoms with E-state index in [0.29, 0.717) is 11.7 Å². The summed E-state index contributed by atoms with van der Waals surface area (Å²) >= 11 is 0. The first kappa shape index (κ1) is 15.4. The molecule has 1 aromatic carbocycles. The van der Waals surface area contributed by atoms with Gasteiger partial charge in [0.2, 0.25) is 5.91 Å². The molecule has 112 valence electrons. The van der Waals surface area contributed by atoms with Crippen LogP contribution < -0.4 is 10.1 Å². The van der Waals surface area contributed by atoms with Gasteiger partial charge in [0.1, 0.15) is 11.8 Å². The first-order chi connectivity index (χ1) is 10.2. The lowest BCUT2D eigenvalue weighted by Gasteiger charge is -2.26. The molecule has 0 aromatic heterocycles. The summed E-state index contributed by atoms with van der Waals surface area (Å²) in [6, 6.07) is 9.36. The highest BCUT2D eigenvalue weighted by Gasteiger charge is 2.25. The molecule has 4 heteroatoms. The van der Waals surface area contributed by atoms with Crippen LogP contribution in [0.4, 0.5) is 0 Å². The fraction of sp³-hybridized carbons (Fsp3) is 0.529. The molecule has 1 N–H and O–H groups in total. The fourth-order valence-electron chi connectivity index (χ4n) is 2.97. The third kappa shape index (κ3) is 4.22. The second-order valence-corrected chi connectivity index (χ2v) is 5.56. The van der Waals surface area contributed by atoms with Gasteiger partial charge in [-0.05, 0) is 24.8 Å². The quantitative estimate of drug-likeness (QED) is 0.905. The molecule has 0 bridgehead atoms. The van der Waals surface area contributed by atoms with Crippen LogP contribution in [0.1, 0.15) is 37.7 Å². The van der Waals surface area contributed by atoms with Gasteiger partial charge < -0.3 is 10.1 Å². The van der Waals surface area contributed by atoms with E-state index in [-0.39, 0.29) is 18.4 Å². The number of carbonyl (C=O) groups excluding carboxylic acids is 1. The summed E-state index contributed by atoms with van der Waals surface area (Å²) in [5, 5.41) is 12.2. The summed E-state index contributed by atoms with van der Waals surface area (Å²) < 4.78 is 5.25. The molecule has 0 heterocycles. The normalized spacial score (nSPS) is 16.8. The summed E-state index contributed by atoms with van der Waals surface area (Å²) in [4.78, 5) is 12.2. The number of amides is 1. The molecule has 1 unspecified atom stereocenters. The Morgan fingerprint density at radius 3 is 2.76 bits per heavy atom. The monoisotopic (exact) mass is 286 g/mol. The molecule has 1 fully saturated rings. The summed E-state index contributed by atoms with van der Waals surface area (Å²) in [6.07, 6.45) is 5.87. The molecule has 1 aliphatic carbocycles. The number of benzene rings is 1. The molecule has 0 aliphatic heterocycles. The number of para-hydroxylation sites is 1. The van der Waals surface area contributed by atoms with Gasteiger partial charge >= 0.3 is 0 Å². The van der Waals surface area contributed by atoms with Crippen molar-refractivity contribution >= 4 is 5.91 Å². The zero-order chi connectivity index (χ0) is 15.1. The van der Waals surface area contributed by atoms with Gasteiger partial charge in [-0.3, -0.25) is 4.79 Å². The van der Waals surface area contributed by atoms with Crippen LogP contribution in [0.25, 0.3) is 0 Å². The molecule has 1 aromatic rings. The number of nitriles is 1. The molecule has 2 rings (SSSR count). The van der Waals surface area contributed by atoms with Crippen molar-refractivity contribution in [2.45, 2.75) is 44.6 Å². The van der Waals surface area contributed by atoms with Gasteiger partial charge in [0.25, 0.3) is 0 Å². The van der Waals surface area contributed by atoms with Crippen molar-refractivity contribution in [1.29, 1.82) is 5.26 Å². The standard InChI is InChI=1S/C17H22N2O2/c1-21-16-10-6-5-9-14(16)11-17(20)19-15(12-18)13-7-3-2-4-8-13/h5-6,9-10,13,15H,2-4,7-8,11H2,1H3,(H,19,20). The Morgan fingerprint density at radius 1 is 1.38 bits per heavy atom. The molecule has 0 saturated heterocycles. The van der Waals surface area contributed by atoms with Gasteiger partial charge in [-0.15, -0.1) is 0 Å². The van der Waals surface area contributed by atoms with Crippen LogP contribution in [0.3, 0.4) is 0 Å². The molecular formula is C17H22N2O2. The number of carbonyl (C=O) groups is 1. The maximum absolute atomic E-state index is 12.2. The molecule has 1 atom stereocenters. The van der Waals surface area contributed by atoms with Gasteiger partial charge in [-0.1, -0.05) is 37.5 Å². The van der Waals surface area contributed by atoms with Crippen LogP contribution >= 0.6 is 0 Å². The van der Waals surface area contributed by atoms with Gasteiger partial charge in [0.05, 0.1) is 19.6 Å². The van der Waals surface area contributed by atoms with Crippen molar-refractivity contribution in [2.75, 3.05) is 7.11 Å². The summed E-state index contributed by atoms with van der Waals surface area (Å²) in [5.74, 6) is 0.890. The van der Waals surface area contributed by atoms with Crippen LogP contribution in [-0.4, -0.2) is 19.1 Å². The first-order valence-corrected chi connectivity index (χ1v) is 7.55. The highest BCUT2D eigenvalue weighted by molar-refractivity contribution is 5.80. The van der Waals surface area contributed by atoms with Crippen molar-refractivity contribution in [3.8, 4) is 11.8 Å². The van der Waals surface area contributed by atoms with Crippen LogP contribution in [0.15, 0.2) is 24.3 Å². The van der Waals surface area contributed by atoms with Gasteiger partial charge in [-0.2, -0.15) is 5.26 Å². The molecule has 1 amide bonds. The predicted octanol–water partition coefficient (Wildman–Crippen LogP) is 2.83. The minimum absolute atomic E-state index is 0.114. The van der Waals surface area contributed by atoms with Crippen LogP contribution in [0, 0.1) is 17.2 Å². The Bertz CT molecular complexity index is 516. The lowest BCUT2D eigenvalue weighted by molar-refractivity contribution is -0.121. The Labute approximate surface area is 126 Å². The van der Waals surface area contributed by atoms with E-state index in [1.807, 2.05) is 24.3 Å². The second kappa shape index (κ2) is 7.68. The maximum atomic E-state index is 12.2. The first-order valence-electron chi connectivity index (χ1n) is 7.55. The van der Waals surface area contributed by atoms with Crippen molar-refractivity contribution in [1.82, 2.24) is 5.32 Å². The van der Waals surface area contributed by atoms with E-state index < -0.39 is 0 Å². The van der Waals surface area contributed by atoms with E-state index in [4.69, 9.17) is 4.74 Å². The number of ether oxygens (including phenoxy) is 1. The van der Waals surface area contributed by atoms with Crippen molar-refractivity contribution < 1.29 is 9.53 Å². The minimum Gasteiger partial charge on any atom is -0.496 e. The van der Waals surface area contributed by atoms with E-state index in [2.05, 4.69) is 11.4 Å². The number of hydrogen-bond donors (Lipinski definition) is 1. The smallest absolute Gasteiger partial charge is 0.225 e. The molecular weight excluding hydrogens is 264 g/mol. The molecule has 1 saturated carbocycles. The van der Waals surface area contributed by atoms with Crippen molar-refractivity contribution in [3.63, 3.8) is 0 Å². The molecule has 0 radical (unpaired) electrons. The third-order valence-corrected chi connectivity index (χ3v) is 4.12. The highest BCUT2D eigenvalue weighted by Crippen LogP contribution is 2.26. The molecule has 0 spiro atoms. The van der Waals surface area contributed by atoms with Crippen LogP contribution in [0.5, 0.6) is 5.75 Å². The van der Waals surface area contributed by atoms with Crippen LogP contribution in [-0.2, 0) is 11.2 Å². The molecule has 1 aliphatic rings. The summed E-state index contributed by atoms with van der Waals surface area (Å²) in [7, 11) is 1.59. The van der Waals surface area contributed by atoms with E-state index in [1.54, 1.807) is 7.11 Å². The summed E-state index contributed by atoms with van der Waals surface area (Å²) in [5.41, 5.74) is 0.845. The largest absolute Gasteiger partial charge is 0.496 e. The van der Waals surface area contributed by atoms with E-state index in [9.17, 15) is 10.1 Å². The Kier molecular flexibility index (Phi) is 5.62. The number of nitrogens with zero attached hydrogens (tertiary/aromatic N) is 1. The highest BCUT2D eigenvalue weighted by atomic mass is 16.5. The van der Waals surface area contributed by atoms with Gasteiger partial charge in [0, 0.05) is 5.56 Å². The topological polar surface area (TPSA) is 62.1 Å². The number of rotatable bonds is 5. The average molecular weight is 286 g/mol. The SMILES string of the molecule is COc1ccccc1CC(=O)NC(C#N)C1CCCCC1. The van der Waals surface area contributed by atoms with Crippen molar-refractivity contribution in [2.24, 2.45) is 5.92 Å². The van der Waals surface area contributed by atoms with Gasteiger partial charge in [-0.25, -0.2) is 0 Å². The average Bonchev–Trinajstić information content (AvgIpc) is 2.54. The zero-order valence-corrected chi connectivity index (χ0v) is 12.5. The van der Waals surface area contributed by atoms with Crippen molar-refractivity contribution in [3.05, 3.63) is 29.8 Å². The second-order valence-electron chi connectivity index (χ2n) is 5.56. The lowest BCUT2D eigenvalue weighted by atomic mass is 9.84. The zero-order valence-electron chi connectivity index (χ0n) is 12.5. The van der Waals surface area contributed by atoms with E-state index >= 15 is 0 Å². The Balaban J connectivity index is 1.95. The predicted molar refractivity (Wildman–Crippen MR) is 80.8 cm³/mol. The third-order valence-electron chi connectivity index (χ3n) is 4.12. The number of hydrogen-bond acceptors (Lipinski definition) is 3. The fourth-order valence-corrected chi connectivity index (χ4v) is 2.97. The number of methoxy groups -OCH3 is 1. The molecule has 21 heavy (non-hydrogen) atoms. The minimum atomic E-state index is -0.368. The Morgan fingerprint density at radius 2 is 2.10 bits per heavy atom.